The standard InChI is InChI=1S/C19H30N4O9S2/c1-10(17(28)23-6-2-3-13(23)19(31)32)8-33-34-9-12(16(27)21-7-15(25)26)22-14(24)5-4-11(20)18(29)30/h10-13H,2-9,20H2,1H3,(H,21,27)(H,22,24)(H,25,26)(H,29,30)(H,31,32)/t10?,11-,12+,13?/m0/s1. The molecule has 0 aromatic rings. The summed E-state index contributed by atoms with van der Waals surface area (Å²) in [5, 5.41) is 31.4. The van der Waals surface area contributed by atoms with E-state index in [9.17, 15) is 33.9 Å². The Labute approximate surface area is 203 Å². The summed E-state index contributed by atoms with van der Waals surface area (Å²) >= 11 is 0. The van der Waals surface area contributed by atoms with Crippen LogP contribution in [-0.2, 0) is 28.8 Å². The van der Waals surface area contributed by atoms with Crippen LogP contribution in [0.25, 0.3) is 0 Å². The molecule has 13 nitrogen and oxygen atoms in total. The van der Waals surface area contributed by atoms with E-state index in [4.69, 9.17) is 15.9 Å². The predicted octanol–water partition coefficient (Wildman–Crippen LogP) is -1.04. The lowest BCUT2D eigenvalue weighted by Gasteiger charge is -2.24. The molecule has 192 valence electrons. The molecule has 0 spiro atoms. The van der Waals surface area contributed by atoms with E-state index >= 15 is 0 Å². The Bertz CT molecular complexity index is 783. The molecule has 1 fully saturated rings. The molecule has 0 aliphatic carbocycles. The van der Waals surface area contributed by atoms with E-state index in [1.807, 2.05) is 0 Å². The molecule has 4 atom stereocenters. The van der Waals surface area contributed by atoms with Crippen molar-refractivity contribution in [3.05, 3.63) is 0 Å². The first-order valence-electron chi connectivity index (χ1n) is 10.5. The number of amides is 3. The van der Waals surface area contributed by atoms with Crippen molar-refractivity contribution < 1.29 is 44.1 Å². The van der Waals surface area contributed by atoms with Crippen molar-refractivity contribution in [2.24, 2.45) is 11.7 Å². The maximum atomic E-state index is 12.6. The molecule has 1 saturated heterocycles. The van der Waals surface area contributed by atoms with Crippen LogP contribution in [0.5, 0.6) is 0 Å². The van der Waals surface area contributed by atoms with E-state index in [1.165, 1.54) is 26.5 Å². The molecule has 0 saturated carbocycles. The first-order chi connectivity index (χ1) is 15.9. The SMILES string of the molecule is CC(CSSC[C@@H](NC(=O)CC[C@H](N)C(=O)O)C(=O)NCC(=O)O)C(=O)N1CCCC1C(=O)O. The highest BCUT2D eigenvalue weighted by molar-refractivity contribution is 8.76. The van der Waals surface area contributed by atoms with Gasteiger partial charge < -0.3 is 36.6 Å². The highest BCUT2D eigenvalue weighted by Gasteiger charge is 2.35. The Morgan fingerprint density at radius 2 is 1.74 bits per heavy atom. The average Bonchev–Trinajstić information content (AvgIpc) is 3.27. The summed E-state index contributed by atoms with van der Waals surface area (Å²) in [5.74, 6) is -5.25. The number of nitrogens with zero attached hydrogens (tertiary/aromatic N) is 1. The lowest BCUT2D eigenvalue weighted by molar-refractivity contribution is -0.149. The highest BCUT2D eigenvalue weighted by Crippen LogP contribution is 2.27. The smallest absolute Gasteiger partial charge is 0.326 e. The molecule has 1 heterocycles. The van der Waals surface area contributed by atoms with Gasteiger partial charge in [0, 0.05) is 30.4 Å². The molecule has 0 radical (unpaired) electrons. The van der Waals surface area contributed by atoms with Gasteiger partial charge in [-0.05, 0) is 19.3 Å². The quantitative estimate of drug-likeness (QED) is 0.112. The van der Waals surface area contributed by atoms with Crippen LogP contribution in [0.1, 0.15) is 32.6 Å². The first-order valence-corrected chi connectivity index (χ1v) is 13.0. The summed E-state index contributed by atoms with van der Waals surface area (Å²) < 4.78 is 0. The van der Waals surface area contributed by atoms with Gasteiger partial charge in [0.1, 0.15) is 24.7 Å². The average molecular weight is 523 g/mol. The van der Waals surface area contributed by atoms with Gasteiger partial charge in [-0.25, -0.2) is 4.79 Å². The molecule has 1 aliphatic heterocycles. The van der Waals surface area contributed by atoms with Crippen molar-refractivity contribution in [2.75, 3.05) is 24.6 Å². The van der Waals surface area contributed by atoms with Gasteiger partial charge in [0.25, 0.3) is 0 Å². The summed E-state index contributed by atoms with van der Waals surface area (Å²) in [6.07, 6.45) is 0.668. The van der Waals surface area contributed by atoms with Crippen LogP contribution in [0.2, 0.25) is 0 Å². The Kier molecular flexibility index (Phi) is 12.7. The molecule has 3 amide bonds. The van der Waals surface area contributed by atoms with Gasteiger partial charge >= 0.3 is 17.9 Å². The summed E-state index contributed by atoms with van der Waals surface area (Å²) in [6.45, 7) is 1.43. The molecule has 0 aromatic heterocycles. The van der Waals surface area contributed by atoms with Crippen LogP contribution in [0, 0.1) is 5.92 Å². The lowest BCUT2D eigenvalue weighted by Crippen LogP contribution is -2.49. The fourth-order valence-electron chi connectivity index (χ4n) is 3.05. The zero-order chi connectivity index (χ0) is 25.8. The Balaban J connectivity index is 2.57. The Morgan fingerprint density at radius 3 is 2.32 bits per heavy atom. The van der Waals surface area contributed by atoms with Crippen molar-refractivity contribution in [1.82, 2.24) is 15.5 Å². The van der Waals surface area contributed by atoms with Crippen molar-refractivity contribution in [1.29, 1.82) is 0 Å². The van der Waals surface area contributed by atoms with Crippen molar-refractivity contribution >= 4 is 57.2 Å². The third-order valence-electron chi connectivity index (χ3n) is 4.94. The van der Waals surface area contributed by atoms with E-state index in [0.29, 0.717) is 25.1 Å². The normalized spacial score (nSPS) is 17.9. The summed E-state index contributed by atoms with van der Waals surface area (Å²) in [6, 6.07) is -3.14. The number of nitrogens with two attached hydrogens (primary N) is 1. The second kappa shape index (κ2) is 14.7. The molecule has 7 N–H and O–H groups in total. The zero-order valence-electron chi connectivity index (χ0n) is 18.6. The molecule has 15 heteroatoms. The monoisotopic (exact) mass is 522 g/mol. The number of carboxylic acid groups (broad SMARTS) is 3. The number of likely N-dealkylation sites (tertiary alicyclic amines) is 1. The minimum atomic E-state index is -1.26. The summed E-state index contributed by atoms with van der Waals surface area (Å²) in [7, 11) is 2.43. The van der Waals surface area contributed by atoms with Gasteiger partial charge in [0.2, 0.25) is 17.7 Å². The van der Waals surface area contributed by atoms with Gasteiger partial charge in [0.15, 0.2) is 0 Å². The van der Waals surface area contributed by atoms with E-state index in [1.54, 1.807) is 6.92 Å². The maximum absolute atomic E-state index is 12.6. The molecule has 34 heavy (non-hydrogen) atoms. The number of carbonyl (C=O) groups is 6. The minimum absolute atomic E-state index is 0.0508. The van der Waals surface area contributed by atoms with Crippen molar-refractivity contribution in [3.8, 4) is 0 Å². The third kappa shape index (κ3) is 10.2. The fourth-order valence-corrected chi connectivity index (χ4v) is 5.56. The molecule has 2 unspecified atom stereocenters. The number of rotatable bonds is 15. The number of carboxylic acids is 3. The topological polar surface area (TPSA) is 216 Å². The zero-order valence-corrected chi connectivity index (χ0v) is 20.2. The summed E-state index contributed by atoms with van der Waals surface area (Å²) in [5.41, 5.74) is 5.36. The Morgan fingerprint density at radius 1 is 1.09 bits per heavy atom. The van der Waals surface area contributed by atoms with Gasteiger partial charge in [-0.15, -0.1) is 0 Å². The molecular formula is C19H30N4O9S2. The van der Waals surface area contributed by atoms with E-state index in [-0.39, 0.29) is 24.5 Å². The Hall–Kier alpha value is -2.52. The van der Waals surface area contributed by atoms with Crippen molar-refractivity contribution in [2.45, 2.75) is 50.7 Å². The van der Waals surface area contributed by atoms with E-state index in [2.05, 4.69) is 10.6 Å². The van der Waals surface area contributed by atoms with Crippen molar-refractivity contribution in [3.63, 3.8) is 0 Å². The van der Waals surface area contributed by atoms with Gasteiger partial charge in [-0.3, -0.25) is 24.0 Å². The van der Waals surface area contributed by atoms with Crippen LogP contribution in [-0.4, -0.2) is 98.6 Å². The number of hydrogen-bond acceptors (Lipinski definition) is 9. The molecule has 1 aliphatic rings. The molecule has 0 aromatic carbocycles. The maximum Gasteiger partial charge on any atom is 0.326 e. The second-order valence-electron chi connectivity index (χ2n) is 7.71. The van der Waals surface area contributed by atoms with Crippen LogP contribution in [0.15, 0.2) is 0 Å². The molecule has 0 bridgehead atoms. The first kappa shape index (κ1) is 29.5. The van der Waals surface area contributed by atoms with Crippen LogP contribution >= 0.6 is 21.6 Å². The summed E-state index contributed by atoms with van der Waals surface area (Å²) in [4.78, 5) is 71.1. The minimum Gasteiger partial charge on any atom is -0.480 e. The van der Waals surface area contributed by atoms with Crippen LogP contribution in [0.4, 0.5) is 0 Å². The number of carbonyl (C=O) groups excluding carboxylic acids is 3. The number of aliphatic carboxylic acids is 3. The van der Waals surface area contributed by atoms with E-state index < -0.39 is 60.3 Å². The molecular weight excluding hydrogens is 492 g/mol. The largest absolute Gasteiger partial charge is 0.480 e. The van der Waals surface area contributed by atoms with Crippen LogP contribution < -0.4 is 16.4 Å². The second-order valence-corrected chi connectivity index (χ2v) is 10.3. The number of hydrogen-bond donors (Lipinski definition) is 6. The molecule has 1 rings (SSSR count). The highest BCUT2D eigenvalue weighted by atomic mass is 33.1. The van der Waals surface area contributed by atoms with Gasteiger partial charge in [0.05, 0.1) is 0 Å². The van der Waals surface area contributed by atoms with Gasteiger partial charge in [-0.2, -0.15) is 0 Å². The third-order valence-corrected chi connectivity index (χ3v) is 7.53. The predicted molar refractivity (Wildman–Crippen MR) is 124 cm³/mol. The number of nitrogens with one attached hydrogen (secondary N) is 2. The fraction of sp³-hybridized carbons (Fsp3) is 0.684. The van der Waals surface area contributed by atoms with Crippen LogP contribution in [0.3, 0.4) is 0 Å². The van der Waals surface area contributed by atoms with Gasteiger partial charge in [-0.1, -0.05) is 28.5 Å². The lowest BCUT2D eigenvalue weighted by atomic mass is 10.1. The van der Waals surface area contributed by atoms with E-state index in [0.717, 1.165) is 0 Å².